The second kappa shape index (κ2) is 7.01. The van der Waals surface area contributed by atoms with E-state index in [1.165, 1.54) is 6.33 Å². The van der Waals surface area contributed by atoms with Crippen LogP contribution in [-0.2, 0) is 4.79 Å². The van der Waals surface area contributed by atoms with E-state index in [0.717, 1.165) is 16.8 Å². The molecule has 1 atom stereocenters. The maximum absolute atomic E-state index is 12.1. The maximum atomic E-state index is 12.1. The van der Waals surface area contributed by atoms with Crippen LogP contribution in [-0.4, -0.2) is 31.2 Å². The zero-order chi connectivity index (χ0) is 16.9. The molecule has 0 saturated heterocycles. The van der Waals surface area contributed by atoms with E-state index in [4.69, 9.17) is 0 Å². The van der Waals surface area contributed by atoms with Gasteiger partial charge in [0.2, 0.25) is 5.91 Å². The largest absolute Gasteiger partial charge is 0.388 e. The summed E-state index contributed by atoms with van der Waals surface area (Å²) in [7, 11) is 0. The fourth-order valence-electron chi connectivity index (χ4n) is 2.44. The number of tetrazole rings is 1. The molecule has 2 N–H and O–H groups in total. The Morgan fingerprint density at radius 1 is 1.25 bits per heavy atom. The first kappa shape index (κ1) is 15.8. The minimum Gasteiger partial charge on any atom is -0.388 e. The molecule has 3 aromatic rings. The highest BCUT2D eigenvalue weighted by atomic mass is 16.3. The van der Waals surface area contributed by atoms with Gasteiger partial charge in [0.1, 0.15) is 6.33 Å². The Morgan fingerprint density at radius 2 is 2.04 bits per heavy atom. The van der Waals surface area contributed by atoms with Crippen molar-refractivity contribution in [1.29, 1.82) is 0 Å². The van der Waals surface area contributed by atoms with Crippen molar-refractivity contribution in [3.63, 3.8) is 0 Å². The lowest BCUT2D eigenvalue weighted by molar-refractivity contribution is -0.118. The first-order chi connectivity index (χ1) is 11.6. The van der Waals surface area contributed by atoms with Gasteiger partial charge in [0.15, 0.2) is 0 Å². The van der Waals surface area contributed by atoms with Gasteiger partial charge in [0.25, 0.3) is 0 Å². The quantitative estimate of drug-likeness (QED) is 0.749. The van der Waals surface area contributed by atoms with Crippen molar-refractivity contribution in [1.82, 2.24) is 20.2 Å². The van der Waals surface area contributed by atoms with Crippen LogP contribution in [0.2, 0.25) is 0 Å². The van der Waals surface area contributed by atoms with E-state index in [9.17, 15) is 9.90 Å². The number of anilines is 1. The number of carbonyl (C=O) groups excluding carboxylic acids is 1. The van der Waals surface area contributed by atoms with E-state index in [1.54, 1.807) is 22.9 Å². The number of aliphatic hydroxyl groups excluding tert-OH is 1. The van der Waals surface area contributed by atoms with Gasteiger partial charge in [-0.25, -0.2) is 4.68 Å². The predicted molar refractivity (Wildman–Crippen MR) is 88.5 cm³/mol. The van der Waals surface area contributed by atoms with Crippen molar-refractivity contribution in [3.8, 4) is 5.69 Å². The van der Waals surface area contributed by atoms with Crippen molar-refractivity contribution < 1.29 is 9.90 Å². The Bertz CT molecular complexity index is 818. The normalized spacial score (nSPS) is 11.9. The lowest BCUT2D eigenvalue weighted by Crippen LogP contribution is -2.15. The zero-order valence-corrected chi connectivity index (χ0v) is 13.1. The molecule has 24 heavy (non-hydrogen) atoms. The zero-order valence-electron chi connectivity index (χ0n) is 13.1. The van der Waals surface area contributed by atoms with Gasteiger partial charge in [0.05, 0.1) is 18.2 Å². The Morgan fingerprint density at radius 3 is 2.71 bits per heavy atom. The standard InChI is InChI=1S/C17H17N5O2/c1-12-9-14(7-8-15(12)22-11-18-20-21-22)19-17(24)10-16(23)13-5-3-2-4-6-13/h2-9,11,16,23H,10H2,1H3,(H,19,24). The van der Waals surface area contributed by atoms with E-state index in [2.05, 4.69) is 20.8 Å². The van der Waals surface area contributed by atoms with E-state index < -0.39 is 6.10 Å². The van der Waals surface area contributed by atoms with E-state index >= 15 is 0 Å². The van der Waals surface area contributed by atoms with Gasteiger partial charge in [-0.15, -0.1) is 5.10 Å². The number of nitrogens with zero attached hydrogens (tertiary/aromatic N) is 4. The summed E-state index contributed by atoms with van der Waals surface area (Å²) >= 11 is 0. The van der Waals surface area contributed by atoms with Crippen LogP contribution < -0.4 is 5.32 Å². The van der Waals surface area contributed by atoms with Gasteiger partial charge < -0.3 is 10.4 Å². The minimum atomic E-state index is -0.826. The molecule has 0 saturated carbocycles. The SMILES string of the molecule is Cc1cc(NC(=O)CC(O)c2ccccc2)ccc1-n1cnnn1. The van der Waals surface area contributed by atoms with Crippen molar-refractivity contribution in [2.75, 3.05) is 5.32 Å². The van der Waals surface area contributed by atoms with Crippen molar-refractivity contribution in [2.45, 2.75) is 19.4 Å². The van der Waals surface area contributed by atoms with Crippen LogP contribution in [0.3, 0.4) is 0 Å². The van der Waals surface area contributed by atoms with Crippen molar-refractivity contribution >= 4 is 11.6 Å². The number of benzene rings is 2. The topological polar surface area (TPSA) is 92.9 Å². The number of hydrogen-bond donors (Lipinski definition) is 2. The van der Waals surface area contributed by atoms with Gasteiger partial charge in [0, 0.05) is 5.69 Å². The summed E-state index contributed by atoms with van der Waals surface area (Å²) in [5, 5.41) is 24.0. The van der Waals surface area contributed by atoms with Crippen LogP contribution in [0.1, 0.15) is 23.7 Å². The second-order valence-electron chi connectivity index (χ2n) is 5.43. The number of carbonyl (C=O) groups is 1. The number of aryl methyl sites for hydroxylation is 1. The van der Waals surface area contributed by atoms with Crippen LogP contribution in [0, 0.1) is 6.92 Å². The van der Waals surface area contributed by atoms with Crippen molar-refractivity contribution in [3.05, 3.63) is 66.0 Å². The molecule has 0 aliphatic heterocycles. The first-order valence-electron chi connectivity index (χ1n) is 7.50. The van der Waals surface area contributed by atoms with Gasteiger partial charge in [-0.3, -0.25) is 4.79 Å². The third-order valence-electron chi connectivity index (χ3n) is 3.64. The van der Waals surface area contributed by atoms with Gasteiger partial charge >= 0.3 is 0 Å². The molecule has 0 aliphatic carbocycles. The molecular weight excluding hydrogens is 306 g/mol. The molecule has 7 heteroatoms. The molecule has 1 unspecified atom stereocenters. The molecule has 0 radical (unpaired) electrons. The number of aromatic nitrogens is 4. The van der Waals surface area contributed by atoms with E-state index in [-0.39, 0.29) is 12.3 Å². The fourth-order valence-corrected chi connectivity index (χ4v) is 2.44. The molecule has 1 aromatic heterocycles. The van der Waals surface area contributed by atoms with Crippen LogP contribution in [0.25, 0.3) is 5.69 Å². The van der Waals surface area contributed by atoms with E-state index in [0.29, 0.717) is 5.69 Å². The summed E-state index contributed by atoms with van der Waals surface area (Å²) in [6.07, 6.45) is 0.682. The molecule has 0 aliphatic rings. The fraction of sp³-hybridized carbons (Fsp3) is 0.176. The molecule has 0 fully saturated rings. The van der Waals surface area contributed by atoms with Gasteiger partial charge in [-0.1, -0.05) is 30.3 Å². The average molecular weight is 323 g/mol. The van der Waals surface area contributed by atoms with Crippen molar-refractivity contribution in [2.24, 2.45) is 0 Å². The highest BCUT2D eigenvalue weighted by Gasteiger charge is 2.13. The summed E-state index contributed by atoms with van der Waals surface area (Å²) < 4.78 is 1.56. The summed E-state index contributed by atoms with van der Waals surface area (Å²) in [6, 6.07) is 14.6. The summed E-state index contributed by atoms with van der Waals surface area (Å²) in [6.45, 7) is 1.91. The lowest BCUT2D eigenvalue weighted by Gasteiger charge is -2.12. The Balaban J connectivity index is 1.65. The Kier molecular flexibility index (Phi) is 4.62. The van der Waals surface area contributed by atoms with E-state index in [1.807, 2.05) is 37.3 Å². The highest BCUT2D eigenvalue weighted by Crippen LogP contribution is 2.20. The second-order valence-corrected chi connectivity index (χ2v) is 5.43. The van der Waals surface area contributed by atoms with Crippen LogP contribution in [0.15, 0.2) is 54.9 Å². The number of aliphatic hydroxyl groups is 1. The lowest BCUT2D eigenvalue weighted by atomic mass is 10.1. The third kappa shape index (κ3) is 3.64. The third-order valence-corrected chi connectivity index (χ3v) is 3.64. The minimum absolute atomic E-state index is 0.00217. The maximum Gasteiger partial charge on any atom is 0.227 e. The molecule has 1 heterocycles. The number of nitrogens with one attached hydrogen (secondary N) is 1. The summed E-state index contributed by atoms with van der Waals surface area (Å²) in [5.41, 5.74) is 3.14. The van der Waals surface area contributed by atoms with Gasteiger partial charge in [-0.2, -0.15) is 0 Å². The Labute approximate surface area is 138 Å². The van der Waals surface area contributed by atoms with Crippen LogP contribution in [0.5, 0.6) is 0 Å². The molecule has 122 valence electrons. The molecule has 0 spiro atoms. The number of rotatable bonds is 5. The summed E-state index contributed by atoms with van der Waals surface area (Å²) in [4.78, 5) is 12.1. The number of amides is 1. The number of hydrogen-bond acceptors (Lipinski definition) is 5. The molecule has 2 aromatic carbocycles. The predicted octanol–water partition coefficient (Wildman–Crippen LogP) is 2.03. The molecular formula is C17H17N5O2. The van der Waals surface area contributed by atoms with Gasteiger partial charge in [-0.05, 0) is 46.7 Å². The summed E-state index contributed by atoms with van der Waals surface area (Å²) in [5.74, 6) is -0.249. The highest BCUT2D eigenvalue weighted by molar-refractivity contribution is 5.91. The van der Waals surface area contributed by atoms with Crippen LogP contribution >= 0.6 is 0 Å². The Hall–Kier alpha value is -3.06. The molecule has 0 bridgehead atoms. The monoisotopic (exact) mass is 323 g/mol. The first-order valence-corrected chi connectivity index (χ1v) is 7.50. The molecule has 1 amide bonds. The smallest absolute Gasteiger partial charge is 0.227 e. The average Bonchev–Trinajstić information content (AvgIpc) is 3.10. The molecule has 3 rings (SSSR count). The molecule has 7 nitrogen and oxygen atoms in total. The van der Waals surface area contributed by atoms with Crippen LogP contribution in [0.4, 0.5) is 5.69 Å².